The van der Waals surface area contributed by atoms with Crippen LogP contribution in [0.15, 0.2) is 59.8 Å². The van der Waals surface area contributed by atoms with Crippen LogP contribution < -0.4 is 10.6 Å². The molecular formula is C22H21ClN2O2. The van der Waals surface area contributed by atoms with E-state index >= 15 is 0 Å². The smallest absolute Gasteiger partial charge is 0.189 e. The summed E-state index contributed by atoms with van der Waals surface area (Å²) in [4.78, 5) is 26.4. The molecule has 0 radical (unpaired) electrons. The van der Waals surface area contributed by atoms with E-state index in [1.165, 1.54) is 0 Å². The first kappa shape index (κ1) is 17.8. The maximum Gasteiger partial charge on any atom is 0.189 e. The minimum Gasteiger partial charge on any atom is -0.369 e. The molecule has 0 amide bonds. The topological polar surface area (TPSA) is 58.2 Å². The third-order valence-electron chi connectivity index (χ3n) is 5.11. The lowest BCUT2D eigenvalue weighted by molar-refractivity contribution is -0.118. The second-order valence-electron chi connectivity index (χ2n) is 7.95. The summed E-state index contributed by atoms with van der Waals surface area (Å²) < 4.78 is 0. The zero-order valence-corrected chi connectivity index (χ0v) is 16.1. The predicted molar refractivity (Wildman–Crippen MR) is 108 cm³/mol. The molecule has 0 saturated carbocycles. The maximum absolute atomic E-state index is 13.3. The van der Waals surface area contributed by atoms with Crippen LogP contribution in [0.25, 0.3) is 0 Å². The van der Waals surface area contributed by atoms with Gasteiger partial charge in [0.2, 0.25) is 0 Å². The Balaban J connectivity index is 1.83. The van der Waals surface area contributed by atoms with Gasteiger partial charge in [0.1, 0.15) is 6.04 Å². The van der Waals surface area contributed by atoms with E-state index in [-0.39, 0.29) is 17.0 Å². The van der Waals surface area contributed by atoms with Crippen molar-refractivity contribution in [1.82, 2.24) is 0 Å². The third-order valence-corrected chi connectivity index (χ3v) is 5.36. The summed E-state index contributed by atoms with van der Waals surface area (Å²) in [7, 11) is 0. The molecule has 4 nitrogen and oxygen atoms in total. The van der Waals surface area contributed by atoms with Crippen molar-refractivity contribution in [3.63, 3.8) is 0 Å². The summed E-state index contributed by atoms with van der Waals surface area (Å²) in [6, 6.07) is 13.8. The Morgan fingerprint density at radius 1 is 1.04 bits per heavy atom. The fourth-order valence-corrected chi connectivity index (χ4v) is 3.99. The Morgan fingerprint density at radius 2 is 1.70 bits per heavy atom. The van der Waals surface area contributed by atoms with Crippen LogP contribution in [0, 0.1) is 5.41 Å². The highest BCUT2D eigenvalue weighted by Crippen LogP contribution is 2.42. The van der Waals surface area contributed by atoms with Crippen molar-refractivity contribution in [3.8, 4) is 0 Å². The Labute approximate surface area is 163 Å². The number of para-hydroxylation sites is 2. The molecule has 1 atom stereocenters. The number of hydrogen-bond donors (Lipinski definition) is 2. The standard InChI is InChI=1S/C22H21ClN2O2/c1-22(2)11-17-19(18(26)12-22)20(21(27)13-7-9-14(23)10-8-13)25-16-6-4-3-5-15(16)24-17/h3-10,20,24-25H,11-12H2,1-2H3. The number of nitrogens with one attached hydrogen (secondary N) is 2. The average Bonchev–Trinajstić information content (AvgIpc) is 2.77. The van der Waals surface area contributed by atoms with Gasteiger partial charge in [0.25, 0.3) is 0 Å². The highest BCUT2D eigenvalue weighted by Gasteiger charge is 2.40. The highest BCUT2D eigenvalue weighted by atomic mass is 35.5. The fourth-order valence-electron chi connectivity index (χ4n) is 3.87. The molecule has 2 aliphatic rings. The summed E-state index contributed by atoms with van der Waals surface area (Å²) in [5.74, 6) is -0.118. The number of anilines is 2. The number of halogens is 1. The van der Waals surface area contributed by atoms with E-state index < -0.39 is 6.04 Å². The molecule has 2 N–H and O–H groups in total. The van der Waals surface area contributed by atoms with Crippen LogP contribution in [0.4, 0.5) is 11.4 Å². The van der Waals surface area contributed by atoms with Crippen LogP contribution in [0.3, 0.4) is 0 Å². The number of fused-ring (bicyclic) bond motifs is 1. The molecular weight excluding hydrogens is 360 g/mol. The molecule has 5 heteroatoms. The molecule has 2 aromatic rings. The Morgan fingerprint density at radius 3 is 2.41 bits per heavy atom. The van der Waals surface area contributed by atoms with Crippen molar-refractivity contribution in [1.29, 1.82) is 0 Å². The number of benzene rings is 2. The molecule has 0 aromatic heterocycles. The van der Waals surface area contributed by atoms with Crippen LogP contribution in [-0.2, 0) is 4.79 Å². The van der Waals surface area contributed by atoms with Gasteiger partial charge in [0.05, 0.1) is 11.4 Å². The highest BCUT2D eigenvalue weighted by molar-refractivity contribution is 6.30. The van der Waals surface area contributed by atoms with E-state index in [2.05, 4.69) is 24.5 Å². The minimum absolute atomic E-state index is 0.0152. The van der Waals surface area contributed by atoms with Gasteiger partial charge < -0.3 is 10.6 Å². The van der Waals surface area contributed by atoms with Crippen molar-refractivity contribution >= 4 is 34.5 Å². The molecule has 27 heavy (non-hydrogen) atoms. The summed E-state index contributed by atoms with van der Waals surface area (Å²) in [5, 5.41) is 7.29. The number of carbonyl (C=O) groups excluding carboxylic acids is 2. The summed E-state index contributed by atoms with van der Waals surface area (Å²) >= 11 is 5.96. The Kier molecular flexibility index (Phi) is 4.31. The lowest BCUT2D eigenvalue weighted by Gasteiger charge is -2.33. The number of rotatable bonds is 2. The largest absolute Gasteiger partial charge is 0.369 e. The predicted octanol–water partition coefficient (Wildman–Crippen LogP) is 5.07. The summed E-state index contributed by atoms with van der Waals surface area (Å²) in [5.41, 5.74) is 3.45. The quantitative estimate of drug-likeness (QED) is 0.714. The van der Waals surface area contributed by atoms with Crippen LogP contribution in [-0.4, -0.2) is 17.6 Å². The molecule has 0 spiro atoms. The van der Waals surface area contributed by atoms with Crippen molar-refractivity contribution in [2.75, 3.05) is 10.6 Å². The molecule has 0 bridgehead atoms. The molecule has 4 rings (SSSR count). The van der Waals surface area contributed by atoms with Crippen LogP contribution in [0.1, 0.15) is 37.0 Å². The van der Waals surface area contributed by atoms with E-state index in [4.69, 9.17) is 11.6 Å². The molecule has 2 aromatic carbocycles. The van der Waals surface area contributed by atoms with E-state index in [1.807, 2.05) is 24.3 Å². The molecule has 0 fully saturated rings. The first-order chi connectivity index (χ1) is 12.8. The monoisotopic (exact) mass is 380 g/mol. The van der Waals surface area contributed by atoms with Gasteiger partial charge >= 0.3 is 0 Å². The number of Topliss-reactive ketones (excluding diaryl/α,β-unsaturated/α-hetero) is 2. The van der Waals surface area contributed by atoms with Crippen molar-refractivity contribution in [2.45, 2.75) is 32.7 Å². The SMILES string of the molecule is CC1(C)CC(=O)C2=C(C1)Nc1ccccc1NC2C(=O)c1ccc(Cl)cc1. The van der Waals surface area contributed by atoms with Crippen molar-refractivity contribution < 1.29 is 9.59 Å². The van der Waals surface area contributed by atoms with Crippen LogP contribution >= 0.6 is 11.6 Å². The Hall–Kier alpha value is -2.59. The maximum atomic E-state index is 13.3. The van der Waals surface area contributed by atoms with Gasteiger partial charge in [-0.2, -0.15) is 0 Å². The lowest BCUT2D eigenvalue weighted by Crippen LogP contribution is -2.39. The summed E-state index contributed by atoms with van der Waals surface area (Å²) in [6.07, 6.45) is 1.14. The third kappa shape index (κ3) is 3.37. The second kappa shape index (κ2) is 6.54. The number of hydrogen-bond acceptors (Lipinski definition) is 4. The number of allylic oxidation sites excluding steroid dienone is 1. The van der Waals surface area contributed by atoms with Crippen molar-refractivity contribution in [2.24, 2.45) is 5.41 Å². The molecule has 1 aliphatic heterocycles. The fraction of sp³-hybridized carbons (Fsp3) is 0.273. The van der Waals surface area contributed by atoms with Gasteiger partial charge in [-0.1, -0.05) is 37.6 Å². The normalized spacial score (nSPS) is 20.7. The molecule has 0 saturated heterocycles. The van der Waals surface area contributed by atoms with E-state index in [1.54, 1.807) is 24.3 Å². The first-order valence-electron chi connectivity index (χ1n) is 9.03. The van der Waals surface area contributed by atoms with Gasteiger partial charge in [-0.05, 0) is 48.2 Å². The number of carbonyl (C=O) groups is 2. The van der Waals surface area contributed by atoms with Gasteiger partial charge in [0.15, 0.2) is 11.6 Å². The van der Waals surface area contributed by atoms with Gasteiger partial charge in [-0.25, -0.2) is 0 Å². The van der Waals surface area contributed by atoms with E-state index in [0.717, 1.165) is 17.1 Å². The molecule has 1 unspecified atom stereocenters. The van der Waals surface area contributed by atoms with Gasteiger partial charge in [-0.3, -0.25) is 9.59 Å². The lowest BCUT2D eigenvalue weighted by atomic mass is 9.73. The molecule has 1 aliphatic carbocycles. The first-order valence-corrected chi connectivity index (χ1v) is 9.40. The van der Waals surface area contributed by atoms with E-state index in [9.17, 15) is 9.59 Å². The van der Waals surface area contributed by atoms with Crippen LogP contribution in [0.2, 0.25) is 5.02 Å². The zero-order chi connectivity index (χ0) is 19.2. The average molecular weight is 381 g/mol. The van der Waals surface area contributed by atoms with Crippen LogP contribution in [0.5, 0.6) is 0 Å². The van der Waals surface area contributed by atoms with Crippen molar-refractivity contribution in [3.05, 3.63) is 70.4 Å². The zero-order valence-electron chi connectivity index (χ0n) is 15.3. The minimum atomic E-state index is -0.721. The molecule has 138 valence electrons. The Bertz CT molecular complexity index is 961. The molecule has 1 heterocycles. The second-order valence-corrected chi connectivity index (χ2v) is 8.39. The summed E-state index contributed by atoms with van der Waals surface area (Å²) in [6.45, 7) is 4.16. The van der Waals surface area contributed by atoms with Gasteiger partial charge in [0, 0.05) is 28.3 Å². The van der Waals surface area contributed by atoms with E-state index in [0.29, 0.717) is 29.0 Å². The van der Waals surface area contributed by atoms with Gasteiger partial charge in [-0.15, -0.1) is 0 Å². The number of ketones is 2.